The number of hydrogen-bond acceptors (Lipinski definition) is 2. The topological polar surface area (TPSA) is 29.3 Å². The molecule has 0 spiro atoms. The molecule has 0 radical (unpaired) electrons. The summed E-state index contributed by atoms with van der Waals surface area (Å²) in [4.78, 5) is 2.46. The van der Waals surface area contributed by atoms with Gasteiger partial charge in [-0.15, -0.1) is 0 Å². The Labute approximate surface area is 114 Å². The van der Waals surface area contributed by atoms with Gasteiger partial charge in [0.05, 0.1) is 0 Å². The molecule has 0 aromatic heterocycles. The predicted molar refractivity (Wildman–Crippen MR) is 79.7 cm³/mol. The molecular weight excluding hydrogens is 232 g/mol. The standard InChI is InChI=1S/C17H20N2/c1-12-6-7-13(2)15(8-12)10-19-9-14-4-3-5-17(18)16(14)11-19/h3-8H,9-11,18H2,1-2H3. The van der Waals surface area contributed by atoms with Gasteiger partial charge in [-0.3, -0.25) is 4.90 Å². The minimum Gasteiger partial charge on any atom is -0.398 e. The van der Waals surface area contributed by atoms with E-state index in [2.05, 4.69) is 49.1 Å². The highest BCUT2D eigenvalue weighted by Crippen LogP contribution is 2.29. The van der Waals surface area contributed by atoms with Crippen molar-refractivity contribution >= 4 is 5.69 Å². The molecule has 2 aromatic carbocycles. The minimum atomic E-state index is 0.931. The van der Waals surface area contributed by atoms with E-state index in [1.807, 2.05) is 6.07 Å². The van der Waals surface area contributed by atoms with Crippen molar-refractivity contribution in [2.45, 2.75) is 33.5 Å². The number of nitrogen functional groups attached to an aromatic ring is 1. The monoisotopic (exact) mass is 252 g/mol. The molecule has 19 heavy (non-hydrogen) atoms. The number of nitrogens with two attached hydrogens (primary N) is 1. The van der Waals surface area contributed by atoms with Crippen LogP contribution in [0.5, 0.6) is 0 Å². The highest BCUT2D eigenvalue weighted by molar-refractivity contribution is 5.52. The molecule has 2 nitrogen and oxygen atoms in total. The molecule has 2 aromatic rings. The lowest BCUT2D eigenvalue weighted by molar-refractivity contribution is 0.275. The number of aryl methyl sites for hydroxylation is 2. The average Bonchev–Trinajstić information content (AvgIpc) is 2.78. The molecule has 0 saturated carbocycles. The Balaban J connectivity index is 1.81. The molecule has 0 bridgehead atoms. The summed E-state index contributed by atoms with van der Waals surface area (Å²) in [6.45, 7) is 7.32. The zero-order chi connectivity index (χ0) is 13.4. The van der Waals surface area contributed by atoms with Gasteiger partial charge in [0.2, 0.25) is 0 Å². The summed E-state index contributed by atoms with van der Waals surface area (Å²) in [5.41, 5.74) is 13.8. The summed E-state index contributed by atoms with van der Waals surface area (Å²) < 4.78 is 0. The van der Waals surface area contributed by atoms with E-state index in [1.165, 1.54) is 27.8 Å². The fourth-order valence-electron chi connectivity index (χ4n) is 2.84. The van der Waals surface area contributed by atoms with Gasteiger partial charge >= 0.3 is 0 Å². The number of benzene rings is 2. The predicted octanol–water partition coefficient (Wildman–Crippen LogP) is 3.40. The van der Waals surface area contributed by atoms with Crippen LogP contribution in [0.15, 0.2) is 36.4 Å². The van der Waals surface area contributed by atoms with Crippen LogP contribution in [0, 0.1) is 13.8 Å². The van der Waals surface area contributed by atoms with Crippen molar-refractivity contribution in [2.75, 3.05) is 5.73 Å². The van der Waals surface area contributed by atoms with E-state index in [0.29, 0.717) is 0 Å². The largest absolute Gasteiger partial charge is 0.398 e. The zero-order valence-corrected chi connectivity index (χ0v) is 11.6. The van der Waals surface area contributed by atoms with Gasteiger partial charge in [0.15, 0.2) is 0 Å². The maximum Gasteiger partial charge on any atom is 0.0363 e. The second-order valence-electron chi connectivity index (χ2n) is 5.56. The number of hydrogen-bond donors (Lipinski definition) is 1. The Morgan fingerprint density at radius 3 is 2.74 bits per heavy atom. The maximum atomic E-state index is 6.05. The highest BCUT2D eigenvalue weighted by Gasteiger charge is 2.20. The van der Waals surface area contributed by atoms with Gasteiger partial charge in [-0.1, -0.05) is 35.9 Å². The molecule has 0 unspecified atom stereocenters. The van der Waals surface area contributed by atoms with E-state index in [9.17, 15) is 0 Å². The van der Waals surface area contributed by atoms with Crippen LogP contribution in [-0.4, -0.2) is 4.90 Å². The first-order chi connectivity index (χ1) is 9.13. The van der Waals surface area contributed by atoms with Crippen molar-refractivity contribution in [3.8, 4) is 0 Å². The van der Waals surface area contributed by atoms with Crippen LogP contribution < -0.4 is 5.73 Å². The van der Waals surface area contributed by atoms with Gasteiger partial charge in [0.1, 0.15) is 0 Å². The normalized spacial score (nSPS) is 14.6. The van der Waals surface area contributed by atoms with Crippen LogP contribution in [0.1, 0.15) is 27.8 Å². The van der Waals surface area contributed by atoms with Crippen LogP contribution in [0.2, 0.25) is 0 Å². The number of fused-ring (bicyclic) bond motifs is 1. The van der Waals surface area contributed by atoms with Crippen LogP contribution in [0.4, 0.5) is 5.69 Å². The molecule has 2 heteroatoms. The Morgan fingerprint density at radius 1 is 1.11 bits per heavy atom. The van der Waals surface area contributed by atoms with Crippen LogP contribution in [-0.2, 0) is 19.6 Å². The molecule has 0 amide bonds. The van der Waals surface area contributed by atoms with E-state index >= 15 is 0 Å². The summed E-state index contributed by atoms with van der Waals surface area (Å²) in [5, 5.41) is 0. The SMILES string of the molecule is Cc1ccc(C)c(CN2Cc3cccc(N)c3C2)c1. The quantitative estimate of drug-likeness (QED) is 0.830. The smallest absolute Gasteiger partial charge is 0.0363 e. The van der Waals surface area contributed by atoms with Gasteiger partial charge in [0, 0.05) is 25.3 Å². The summed E-state index contributed by atoms with van der Waals surface area (Å²) in [7, 11) is 0. The average molecular weight is 252 g/mol. The highest BCUT2D eigenvalue weighted by atomic mass is 15.1. The van der Waals surface area contributed by atoms with Gasteiger partial charge in [-0.25, -0.2) is 0 Å². The summed E-state index contributed by atoms with van der Waals surface area (Å²) in [5.74, 6) is 0. The summed E-state index contributed by atoms with van der Waals surface area (Å²) in [6, 6.07) is 12.9. The Morgan fingerprint density at radius 2 is 1.95 bits per heavy atom. The second-order valence-corrected chi connectivity index (χ2v) is 5.56. The van der Waals surface area contributed by atoms with E-state index < -0.39 is 0 Å². The molecule has 1 aliphatic heterocycles. The number of nitrogens with zero attached hydrogens (tertiary/aromatic N) is 1. The van der Waals surface area contributed by atoms with E-state index in [0.717, 1.165) is 25.3 Å². The van der Waals surface area contributed by atoms with Gasteiger partial charge in [-0.2, -0.15) is 0 Å². The second kappa shape index (κ2) is 4.71. The molecule has 0 fully saturated rings. The molecule has 0 atom stereocenters. The van der Waals surface area contributed by atoms with E-state index in [-0.39, 0.29) is 0 Å². The van der Waals surface area contributed by atoms with Gasteiger partial charge in [0.25, 0.3) is 0 Å². The molecular formula is C17H20N2. The molecule has 0 saturated heterocycles. The van der Waals surface area contributed by atoms with E-state index in [4.69, 9.17) is 5.73 Å². The summed E-state index contributed by atoms with van der Waals surface area (Å²) >= 11 is 0. The first-order valence-electron chi connectivity index (χ1n) is 6.78. The number of rotatable bonds is 2. The molecule has 2 N–H and O–H groups in total. The van der Waals surface area contributed by atoms with Crippen molar-refractivity contribution in [1.82, 2.24) is 4.90 Å². The van der Waals surface area contributed by atoms with Gasteiger partial charge < -0.3 is 5.73 Å². The Kier molecular flexibility index (Phi) is 3.03. The first kappa shape index (κ1) is 12.2. The first-order valence-corrected chi connectivity index (χ1v) is 6.78. The summed E-state index contributed by atoms with van der Waals surface area (Å²) in [6.07, 6.45) is 0. The molecule has 3 rings (SSSR count). The lowest BCUT2D eigenvalue weighted by Crippen LogP contribution is -2.16. The zero-order valence-electron chi connectivity index (χ0n) is 11.6. The van der Waals surface area contributed by atoms with Crippen molar-refractivity contribution < 1.29 is 0 Å². The van der Waals surface area contributed by atoms with Crippen LogP contribution in [0.3, 0.4) is 0 Å². The molecule has 1 aliphatic rings. The van der Waals surface area contributed by atoms with E-state index in [1.54, 1.807) is 0 Å². The Hall–Kier alpha value is -1.80. The van der Waals surface area contributed by atoms with Gasteiger partial charge in [-0.05, 0) is 42.2 Å². The third kappa shape index (κ3) is 2.36. The number of anilines is 1. The lowest BCUT2D eigenvalue weighted by Gasteiger charge is -2.17. The van der Waals surface area contributed by atoms with Crippen molar-refractivity contribution in [1.29, 1.82) is 0 Å². The van der Waals surface area contributed by atoms with Crippen molar-refractivity contribution in [3.05, 3.63) is 64.2 Å². The third-order valence-electron chi connectivity index (χ3n) is 3.98. The fraction of sp³-hybridized carbons (Fsp3) is 0.294. The maximum absolute atomic E-state index is 6.05. The minimum absolute atomic E-state index is 0.931. The van der Waals surface area contributed by atoms with Crippen molar-refractivity contribution in [3.63, 3.8) is 0 Å². The Bertz CT molecular complexity index is 617. The molecule has 1 heterocycles. The molecule has 0 aliphatic carbocycles. The fourth-order valence-corrected chi connectivity index (χ4v) is 2.84. The molecule has 98 valence electrons. The van der Waals surface area contributed by atoms with Crippen LogP contribution >= 0.6 is 0 Å². The van der Waals surface area contributed by atoms with Crippen molar-refractivity contribution in [2.24, 2.45) is 0 Å². The third-order valence-corrected chi connectivity index (χ3v) is 3.98. The lowest BCUT2D eigenvalue weighted by atomic mass is 10.1. The van der Waals surface area contributed by atoms with Crippen LogP contribution in [0.25, 0.3) is 0 Å².